The van der Waals surface area contributed by atoms with E-state index in [0.29, 0.717) is 11.3 Å². The number of oxazole rings is 1. The standard InChI is InChI=1S/C14H16N2O3/c1-14(2,3)19-12(17)10-6-4-5-9(7-10)11-8-16-13(15)18-11/h4-8H,1-3H3,(H2,15,16). The van der Waals surface area contributed by atoms with Crippen molar-refractivity contribution in [2.75, 3.05) is 5.73 Å². The normalized spacial score (nSPS) is 11.3. The fourth-order valence-electron chi connectivity index (χ4n) is 1.56. The van der Waals surface area contributed by atoms with Gasteiger partial charge in [0.25, 0.3) is 6.01 Å². The summed E-state index contributed by atoms with van der Waals surface area (Å²) < 4.78 is 10.5. The minimum Gasteiger partial charge on any atom is -0.456 e. The molecule has 5 nitrogen and oxygen atoms in total. The zero-order valence-electron chi connectivity index (χ0n) is 11.1. The predicted octanol–water partition coefficient (Wildman–Crippen LogP) is 2.88. The van der Waals surface area contributed by atoms with E-state index in [9.17, 15) is 4.79 Å². The summed E-state index contributed by atoms with van der Waals surface area (Å²) in [4.78, 5) is 15.8. The van der Waals surface area contributed by atoms with Gasteiger partial charge in [-0.3, -0.25) is 0 Å². The lowest BCUT2D eigenvalue weighted by molar-refractivity contribution is 0.00696. The molecule has 0 unspecified atom stereocenters. The number of carbonyl (C=O) groups excluding carboxylic acids is 1. The van der Waals surface area contributed by atoms with Crippen molar-refractivity contribution in [3.8, 4) is 11.3 Å². The van der Waals surface area contributed by atoms with E-state index in [1.165, 1.54) is 6.20 Å². The molecule has 5 heteroatoms. The van der Waals surface area contributed by atoms with E-state index in [0.717, 1.165) is 5.56 Å². The molecule has 0 radical (unpaired) electrons. The van der Waals surface area contributed by atoms with Crippen molar-refractivity contribution < 1.29 is 13.9 Å². The van der Waals surface area contributed by atoms with Gasteiger partial charge in [0.1, 0.15) is 5.60 Å². The third-order valence-electron chi connectivity index (χ3n) is 2.31. The summed E-state index contributed by atoms with van der Waals surface area (Å²) in [5.74, 6) is 0.143. The van der Waals surface area contributed by atoms with Crippen molar-refractivity contribution in [1.82, 2.24) is 4.98 Å². The van der Waals surface area contributed by atoms with Gasteiger partial charge in [0.15, 0.2) is 5.76 Å². The molecule has 0 amide bonds. The zero-order valence-corrected chi connectivity index (χ0v) is 11.1. The molecule has 19 heavy (non-hydrogen) atoms. The van der Waals surface area contributed by atoms with Crippen molar-refractivity contribution in [1.29, 1.82) is 0 Å². The largest absolute Gasteiger partial charge is 0.456 e. The van der Waals surface area contributed by atoms with Gasteiger partial charge < -0.3 is 14.9 Å². The lowest BCUT2D eigenvalue weighted by atomic mass is 10.1. The molecule has 2 aromatic rings. The number of anilines is 1. The van der Waals surface area contributed by atoms with Gasteiger partial charge in [-0.2, -0.15) is 0 Å². The Bertz CT molecular complexity index is 597. The van der Waals surface area contributed by atoms with Crippen LogP contribution in [-0.4, -0.2) is 16.6 Å². The number of nitrogens with zero attached hydrogens (tertiary/aromatic N) is 1. The maximum absolute atomic E-state index is 12.0. The molecule has 0 bridgehead atoms. The minimum absolute atomic E-state index is 0.0951. The highest BCUT2D eigenvalue weighted by molar-refractivity contribution is 5.91. The minimum atomic E-state index is -0.524. The quantitative estimate of drug-likeness (QED) is 0.840. The van der Waals surface area contributed by atoms with E-state index in [1.807, 2.05) is 26.8 Å². The Labute approximate surface area is 111 Å². The van der Waals surface area contributed by atoms with Gasteiger partial charge in [0.05, 0.1) is 11.8 Å². The number of nitrogen functional groups attached to an aromatic ring is 1. The first kappa shape index (κ1) is 13.1. The third kappa shape index (κ3) is 3.34. The van der Waals surface area contributed by atoms with Crippen LogP contribution in [0.2, 0.25) is 0 Å². The first-order valence-corrected chi connectivity index (χ1v) is 5.90. The molecule has 1 aromatic carbocycles. The van der Waals surface area contributed by atoms with Crippen molar-refractivity contribution in [3.63, 3.8) is 0 Å². The predicted molar refractivity (Wildman–Crippen MR) is 71.5 cm³/mol. The molecule has 0 aliphatic rings. The third-order valence-corrected chi connectivity index (χ3v) is 2.31. The van der Waals surface area contributed by atoms with Crippen LogP contribution in [0.25, 0.3) is 11.3 Å². The van der Waals surface area contributed by atoms with Gasteiger partial charge in [-0.05, 0) is 32.9 Å². The summed E-state index contributed by atoms with van der Waals surface area (Å²) in [6, 6.07) is 7.05. The Kier molecular flexibility index (Phi) is 3.29. The first-order chi connectivity index (χ1) is 8.85. The topological polar surface area (TPSA) is 78.3 Å². The van der Waals surface area contributed by atoms with Crippen LogP contribution >= 0.6 is 0 Å². The van der Waals surface area contributed by atoms with Gasteiger partial charge in [-0.15, -0.1) is 0 Å². The number of benzene rings is 1. The van der Waals surface area contributed by atoms with Crippen LogP contribution in [0.1, 0.15) is 31.1 Å². The number of nitrogens with two attached hydrogens (primary N) is 1. The number of aromatic nitrogens is 1. The van der Waals surface area contributed by atoms with Crippen LogP contribution in [0.5, 0.6) is 0 Å². The SMILES string of the molecule is CC(C)(C)OC(=O)c1cccc(-c2cnc(N)o2)c1. The number of rotatable bonds is 2. The fraction of sp³-hybridized carbons (Fsp3) is 0.286. The highest BCUT2D eigenvalue weighted by Gasteiger charge is 2.18. The van der Waals surface area contributed by atoms with E-state index in [2.05, 4.69) is 4.98 Å². The van der Waals surface area contributed by atoms with Crippen molar-refractivity contribution in [3.05, 3.63) is 36.0 Å². The molecule has 0 aliphatic carbocycles. The molecule has 0 aliphatic heterocycles. The number of esters is 1. The van der Waals surface area contributed by atoms with E-state index in [4.69, 9.17) is 14.9 Å². The summed E-state index contributed by atoms with van der Waals surface area (Å²) in [7, 11) is 0. The first-order valence-electron chi connectivity index (χ1n) is 5.90. The zero-order chi connectivity index (χ0) is 14.0. The molecule has 1 heterocycles. The maximum atomic E-state index is 12.0. The molecule has 0 atom stereocenters. The second-order valence-electron chi connectivity index (χ2n) is 5.15. The van der Waals surface area contributed by atoms with Crippen LogP contribution in [0, 0.1) is 0 Å². The van der Waals surface area contributed by atoms with E-state index in [-0.39, 0.29) is 12.0 Å². The second-order valence-corrected chi connectivity index (χ2v) is 5.15. The highest BCUT2D eigenvalue weighted by Crippen LogP contribution is 2.23. The lowest BCUT2D eigenvalue weighted by Gasteiger charge is -2.19. The summed E-state index contributed by atoms with van der Waals surface area (Å²) in [6.07, 6.45) is 1.52. The number of hydrogen-bond acceptors (Lipinski definition) is 5. The van der Waals surface area contributed by atoms with Crippen LogP contribution in [0.4, 0.5) is 6.01 Å². The Balaban J connectivity index is 2.27. The van der Waals surface area contributed by atoms with Crippen molar-refractivity contribution >= 4 is 12.0 Å². The highest BCUT2D eigenvalue weighted by atomic mass is 16.6. The molecule has 1 aromatic heterocycles. The van der Waals surface area contributed by atoms with E-state index in [1.54, 1.807) is 18.2 Å². The molecule has 0 spiro atoms. The van der Waals surface area contributed by atoms with Gasteiger partial charge in [0.2, 0.25) is 0 Å². The maximum Gasteiger partial charge on any atom is 0.338 e. The van der Waals surface area contributed by atoms with Crippen LogP contribution < -0.4 is 5.73 Å². The average Bonchev–Trinajstić information content (AvgIpc) is 2.74. The summed E-state index contributed by atoms with van der Waals surface area (Å²) in [5, 5.41) is 0. The van der Waals surface area contributed by atoms with E-state index >= 15 is 0 Å². The molecule has 100 valence electrons. The average molecular weight is 260 g/mol. The van der Waals surface area contributed by atoms with Crippen LogP contribution in [0.3, 0.4) is 0 Å². The van der Waals surface area contributed by atoms with Crippen LogP contribution in [-0.2, 0) is 4.74 Å². The molecular weight excluding hydrogens is 244 g/mol. The molecular formula is C14H16N2O3. The number of carbonyl (C=O) groups is 1. The van der Waals surface area contributed by atoms with Gasteiger partial charge >= 0.3 is 5.97 Å². The molecule has 0 fully saturated rings. The lowest BCUT2D eigenvalue weighted by Crippen LogP contribution is -2.23. The van der Waals surface area contributed by atoms with Gasteiger partial charge in [0, 0.05) is 5.56 Å². The Morgan fingerprint density at radius 2 is 2.11 bits per heavy atom. The molecule has 2 rings (SSSR count). The number of ether oxygens (including phenoxy) is 1. The van der Waals surface area contributed by atoms with Crippen molar-refractivity contribution in [2.45, 2.75) is 26.4 Å². The summed E-state index contributed by atoms with van der Waals surface area (Å²) in [5.41, 5.74) is 6.09. The number of hydrogen-bond donors (Lipinski definition) is 1. The van der Waals surface area contributed by atoms with Gasteiger partial charge in [-0.25, -0.2) is 9.78 Å². The second kappa shape index (κ2) is 4.76. The van der Waals surface area contributed by atoms with Gasteiger partial charge in [-0.1, -0.05) is 12.1 Å². The molecule has 2 N–H and O–H groups in total. The Morgan fingerprint density at radius 3 is 2.68 bits per heavy atom. The Hall–Kier alpha value is -2.30. The van der Waals surface area contributed by atoms with Crippen LogP contribution in [0.15, 0.2) is 34.9 Å². The van der Waals surface area contributed by atoms with E-state index < -0.39 is 5.60 Å². The Morgan fingerprint density at radius 1 is 1.37 bits per heavy atom. The summed E-state index contributed by atoms with van der Waals surface area (Å²) >= 11 is 0. The van der Waals surface area contributed by atoms with Crippen molar-refractivity contribution in [2.24, 2.45) is 0 Å². The summed E-state index contributed by atoms with van der Waals surface area (Å²) in [6.45, 7) is 5.48. The fourth-order valence-corrected chi connectivity index (χ4v) is 1.56. The monoisotopic (exact) mass is 260 g/mol. The molecule has 0 saturated heterocycles. The smallest absolute Gasteiger partial charge is 0.338 e. The molecule has 0 saturated carbocycles.